The van der Waals surface area contributed by atoms with E-state index in [0.717, 1.165) is 5.56 Å². The average Bonchev–Trinajstić information content (AvgIpc) is 1.56. The number of anilines is 1. The van der Waals surface area contributed by atoms with Crippen LogP contribution >= 0.6 is 34.5 Å². The van der Waals surface area contributed by atoms with E-state index in [1.807, 2.05) is 35.7 Å². The number of amides is 4. The number of methoxy groups -OCH3 is 2. The van der Waals surface area contributed by atoms with Gasteiger partial charge in [0, 0.05) is 65.5 Å². The minimum absolute atomic E-state index is 0.0469. The van der Waals surface area contributed by atoms with Crippen LogP contribution in [-0.2, 0) is 52.9 Å². The van der Waals surface area contributed by atoms with Gasteiger partial charge in [0.15, 0.2) is 0 Å². The predicted molar refractivity (Wildman–Crippen MR) is 338 cm³/mol. The molecule has 1 saturated heterocycles. The van der Waals surface area contributed by atoms with Crippen LogP contribution in [0.1, 0.15) is 68.5 Å². The van der Waals surface area contributed by atoms with Gasteiger partial charge in [-0.25, -0.2) is 9.67 Å². The van der Waals surface area contributed by atoms with Crippen molar-refractivity contribution in [1.29, 1.82) is 0 Å². The summed E-state index contributed by atoms with van der Waals surface area (Å²) in [5.41, 5.74) is 1.00. The summed E-state index contributed by atoms with van der Waals surface area (Å²) in [6.07, 6.45) is -5.98. The Bertz CT molecular complexity index is 3980. The molecule has 2 N–H and O–H groups in total. The maximum absolute atomic E-state index is 14.3. The van der Waals surface area contributed by atoms with Crippen LogP contribution in [0.15, 0.2) is 163 Å². The molecule has 16 nitrogen and oxygen atoms in total. The number of halogens is 8. The molecule has 1 aliphatic rings. The van der Waals surface area contributed by atoms with E-state index in [4.69, 9.17) is 42.4 Å². The third kappa shape index (κ3) is 16.1. The Morgan fingerprint density at radius 3 is 2.01 bits per heavy atom. The third-order valence-corrected chi connectivity index (χ3v) is 17.1. The average molecular weight is 1320 g/mol. The standard InChI is InChI=1S/C67H61Cl2F6N9O7S/c1-89-53-19-14-45(15-20-53)60-61(46-16-21-54(90-2)22-17-46)83(63(78-60)48-33-49(66(70,71)72)35-50(34-48)67(73,74)75)38-44-10-12-47(13-11-44)64(87)76-28-25-43-26-30-81(31-27-43)59(86)40-82-39-51(79-80-82)41-91-56-23-18-52(36-55(56)69)84(58(85)37-68)62(57-9-6-32-92-57)65(88)77-29-24-42-7-4-3-5-8-42/h3-23,32-36,39,43,62H,24-31,37-38,40-41H2,1-2H3,(H,76,87)(H,77,88). The molecule has 0 saturated carbocycles. The van der Waals surface area contributed by atoms with Crippen molar-refractivity contribution in [3.05, 3.63) is 207 Å². The Balaban J connectivity index is 0.733. The van der Waals surface area contributed by atoms with Gasteiger partial charge in [0.05, 0.1) is 48.0 Å². The van der Waals surface area contributed by atoms with Crippen LogP contribution in [0.4, 0.5) is 32.0 Å². The van der Waals surface area contributed by atoms with E-state index < -0.39 is 46.9 Å². The number of rotatable bonds is 24. The summed E-state index contributed by atoms with van der Waals surface area (Å²) in [5, 5.41) is 16.3. The number of carbonyl (C=O) groups excluding carboxylic acids is 4. The first-order chi connectivity index (χ1) is 44.3. The first-order valence-electron chi connectivity index (χ1n) is 29.2. The number of likely N-dealkylation sites (tertiary alicyclic amines) is 1. The number of benzene rings is 6. The van der Waals surface area contributed by atoms with E-state index in [1.165, 1.54) is 41.2 Å². The number of piperidine rings is 1. The molecule has 1 atom stereocenters. The van der Waals surface area contributed by atoms with Crippen molar-refractivity contribution in [2.45, 2.75) is 63.8 Å². The van der Waals surface area contributed by atoms with Crippen molar-refractivity contribution in [2.24, 2.45) is 5.92 Å². The molecule has 9 aromatic rings. The number of ether oxygens (including phenoxy) is 3. The van der Waals surface area contributed by atoms with Gasteiger partial charge in [-0.05, 0) is 151 Å². The first-order valence-corrected chi connectivity index (χ1v) is 30.9. The number of hydrogen-bond donors (Lipinski definition) is 2. The normalized spacial score (nSPS) is 13.1. The molecular weight excluding hydrogens is 1260 g/mol. The minimum Gasteiger partial charge on any atom is -0.497 e. The highest BCUT2D eigenvalue weighted by atomic mass is 35.5. The van der Waals surface area contributed by atoms with Gasteiger partial charge >= 0.3 is 12.4 Å². The molecular formula is C67H61Cl2F6N9O7S. The Labute approximate surface area is 539 Å². The molecule has 6 aromatic carbocycles. The number of carbonyl (C=O) groups is 4. The second-order valence-corrected chi connectivity index (χ2v) is 23.3. The highest BCUT2D eigenvalue weighted by molar-refractivity contribution is 7.10. The first kappa shape index (κ1) is 65.8. The lowest BCUT2D eigenvalue weighted by Gasteiger charge is -2.32. The number of thiophene rings is 1. The van der Waals surface area contributed by atoms with Crippen molar-refractivity contribution >= 4 is 63.9 Å². The maximum atomic E-state index is 14.3. The SMILES string of the molecule is COc1ccc(-c2nc(-c3cc(C(F)(F)F)cc(C(F)(F)F)c3)n(Cc3ccc(C(=O)NCCC4CCN(C(=O)Cn5cc(COc6ccc(N(C(=O)CCl)C(C(=O)NCCc7ccccc7)c7cccs7)cc6Cl)nn5)CC4)cc3)c2-c2ccc(OC)cc2)cc1. The molecule has 1 unspecified atom stereocenters. The lowest BCUT2D eigenvalue weighted by atomic mass is 9.93. The molecule has 0 aliphatic carbocycles. The quantitative estimate of drug-likeness (QED) is 0.0437. The van der Waals surface area contributed by atoms with Crippen molar-refractivity contribution in [1.82, 2.24) is 40.1 Å². The minimum atomic E-state index is -5.12. The molecule has 4 heterocycles. The predicted octanol–water partition coefficient (Wildman–Crippen LogP) is 13.6. The topological polar surface area (TPSA) is 175 Å². The van der Waals surface area contributed by atoms with Crippen LogP contribution in [-0.4, -0.2) is 99.4 Å². The molecule has 0 bridgehead atoms. The Morgan fingerprint density at radius 1 is 0.739 bits per heavy atom. The van der Waals surface area contributed by atoms with Crippen molar-refractivity contribution in [3.8, 4) is 51.2 Å². The third-order valence-electron chi connectivity index (χ3n) is 15.6. The summed E-state index contributed by atoms with van der Waals surface area (Å²) < 4.78 is 106. The summed E-state index contributed by atoms with van der Waals surface area (Å²) in [6.45, 7) is 1.50. The fourth-order valence-electron chi connectivity index (χ4n) is 10.8. The molecule has 0 radical (unpaired) electrons. The molecule has 478 valence electrons. The number of hydrogen-bond acceptors (Lipinski definition) is 11. The summed E-state index contributed by atoms with van der Waals surface area (Å²) in [7, 11) is 2.97. The van der Waals surface area contributed by atoms with Crippen LogP contribution in [0, 0.1) is 5.92 Å². The molecule has 25 heteroatoms. The van der Waals surface area contributed by atoms with E-state index in [2.05, 4.69) is 20.9 Å². The molecule has 1 fully saturated rings. The largest absolute Gasteiger partial charge is 0.497 e. The second-order valence-electron chi connectivity index (χ2n) is 21.7. The number of nitrogens with one attached hydrogen (secondary N) is 2. The van der Waals surface area contributed by atoms with E-state index in [1.54, 1.807) is 113 Å². The number of imidazole rings is 1. The number of alkyl halides is 7. The van der Waals surface area contributed by atoms with Crippen LogP contribution < -0.4 is 29.7 Å². The zero-order valence-corrected chi connectivity index (χ0v) is 52.0. The van der Waals surface area contributed by atoms with Gasteiger partial charge < -0.3 is 34.3 Å². The fraction of sp³-hybridized carbons (Fsp3) is 0.269. The summed E-state index contributed by atoms with van der Waals surface area (Å²) in [4.78, 5) is 62.8. The van der Waals surface area contributed by atoms with Crippen LogP contribution in [0.25, 0.3) is 33.9 Å². The molecule has 4 amide bonds. The summed E-state index contributed by atoms with van der Waals surface area (Å²) in [6, 6.07) is 38.4. The number of nitrogens with zero attached hydrogens (tertiary/aromatic N) is 7. The van der Waals surface area contributed by atoms with Gasteiger partial charge in [0.2, 0.25) is 17.7 Å². The Hall–Kier alpha value is -9.19. The zero-order valence-electron chi connectivity index (χ0n) is 49.6. The van der Waals surface area contributed by atoms with Crippen molar-refractivity contribution < 1.29 is 59.7 Å². The Kier molecular flexibility index (Phi) is 21.0. The highest BCUT2D eigenvalue weighted by Crippen LogP contribution is 2.43. The molecule has 92 heavy (non-hydrogen) atoms. The van der Waals surface area contributed by atoms with E-state index in [9.17, 15) is 45.5 Å². The smallest absolute Gasteiger partial charge is 0.416 e. The summed E-state index contributed by atoms with van der Waals surface area (Å²) >= 11 is 14.2. The molecule has 10 rings (SSSR count). The van der Waals surface area contributed by atoms with Crippen LogP contribution in [0.3, 0.4) is 0 Å². The Morgan fingerprint density at radius 2 is 1.40 bits per heavy atom. The lowest BCUT2D eigenvalue weighted by molar-refractivity contribution is -0.143. The zero-order chi connectivity index (χ0) is 65.1. The van der Waals surface area contributed by atoms with Crippen LogP contribution in [0.5, 0.6) is 17.2 Å². The molecule has 1 aliphatic heterocycles. The van der Waals surface area contributed by atoms with Crippen LogP contribution in [0.2, 0.25) is 5.02 Å². The van der Waals surface area contributed by atoms with E-state index in [-0.39, 0.29) is 71.7 Å². The summed E-state index contributed by atoms with van der Waals surface area (Å²) in [5.74, 6) is -0.439. The van der Waals surface area contributed by atoms with Gasteiger partial charge in [-0.3, -0.25) is 24.1 Å². The van der Waals surface area contributed by atoms with Gasteiger partial charge in [-0.15, -0.1) is 28.0 Å². The van der Waals surface area contributed by atoms with Gasteiger partial charge in [-0.2, -0.15) is 26.3 Å². The highest BCUT2D eigenvalue weighted by Gasteiger charge is 2.39. The molecule has 3 aromatic heterocycles. The van der Waals surface area contributed by atoms with E-state index >= 15 is 0 Å². The maximum Gasteiger partial charge on any atom is 0.416 e. The van der Waals surface area contributed by atoms with Gasteiger partial charge in [0.25, 0.3) is 5.91 Å². The molecule has 0 spiro atoms. The monoisotopic (exact) mass is 1320 g/mol. The second kappa shape index (κ2) is 29.4. The number of aromatic nitrogens is 5. The fourth-order valence-corrected chi connectivity index (χ4v) is 12.0. The van der Waals surface area contributed by atoms with Crippen molar-refractivity contribution in [2.75, 3.05) is 51.2 Å². The lowest BCUT2D eigenvalue weighted by Crippen LogP contribution is -2.44. The van der Waals surface area contributed by atoms with Gasteiger partial charge in [0.1, 0.15) is 53.8 Å². The van der Waals surface area contributed by atoms with E-state index in [0.29, 0.717) is 120 Å². The van der Waals surface area contributed by atoms with Crippen molar-refractivity contribution in [3.63, 3.8) is 0 Å². The van der Waals surface area contributed by atoms with Gasteiger partial charge in [-0.1, -0.05) is 65.3 Å².